The van der Waals surface area contributed by atoms with Gasteiger partial charge >= 0.3 is 6.03 Å². The number of nitrogens with one attached hydrogen (secondary N) is 3. The maximum atomic E-state index is 11.9. The number of nitrogens with zero attached hydrogens (tertiary/aromatic N) is 1. The molecule has 21 heavy (non-hydrogen) atoms. The molecule has 0 saturated carbocycles. The first kappa shape index (κ1) is 15.1. The highest BCUT2D eigenvalue weighted by atomic mass is 16.5. The quantitative estimate of drug-likeness (QED) is 0.788. The van der Waals surface area contributed by atoms with Crippen molar-refractivity contribution in [2.45, 2.75) is 26.8 Å². The number of carbonyl (C=O) groups excluding carboxylic acids is 1. The van der Waals surface area contributed by atoms with Crippen LogP contribution in [0.5, 0.6) is 0 Å². The van der Waals surface area contributed by atoms with Crippen LogP contribution in [0.15, 0.2) is 34.9 Å². The summed E-state index contributed by atoms with van der Waals surface area (Å²) < 4.78 is 4.89. The van der Waals surface area contributed by atoms with E-state index in [1.54, 1.807) is 13.0 Å². The van der Waals surface area contributed by atoms with Crippen LogP contribution in [0.4, 0.5) is 16.3 Å². The Labute approximate surface area is 123 Å². The molecular formula is C15H20N4O2. The summed E-state index contributed by atoms with van der Waals surface area (Å²) in [6, 6.07) is 9.27. The van der Waals surface area contributed by atoms with Gasteiger partial charge in [0, 0.05) is 17.8 Å². The van der Waals surface area contributed by atoms with Crippen molar-refractivity contribution in [2.75, 3.05) is 17.2 Å². The number of carbonyl (C=O) groups is 1. The van der Waals surface area contributed by atoms with Gasteiger partial charge in [0.15, 0.2) is 5.82 Å². The topological polar surface area (TPSA) is 79.2 Å². The molecule has 2 rings (SSSR count). The molecule has 0 aliphatic heterocycles. The summed E-state index contributed by atoms with van der Waals surface area (Å²) in [6.07, 6.45) is 0. The molecule has 0 aliphatic rings. The van der Waals surface area contributed by atoms with Crippen molar-refractivity contribution in [1.82, 2.24) is 10.5 Å². The molecule has 112 valence electrons. The Bertz CT molecular complexity index is 609. The van der Waals surface area contributed by atoms with Crippen LogP contribution in [0.1, 0.15) is 31.2 Å². The second kappa shape index (κ2) is 6.90. The number of aryl methyl sites for hydroxylation is 1. The number of benzene rings is 1. The predicted molar refractivity (Wildman–Crippen MR) is 82.4 cm³/mol. The van der Waals surface area contributed by atoms with Gasteiger partial charge in [0.05, 0.1) is 0 Å². The normalized spacial score (nSPS) is 12.0. The molecule has 2 aromatic rings. The molecule has 1 aromatic carbocycles. The van der Waals surface area contributed by atoms with Crippen molar-refractivity contribution in [1.29, 1.82) is 0 Å². The molecule has 6 nitrogen and oxygen atoms in total. The van der Waals surface area contributed by atoms with Crippen LogP contribution in [0.25, 0.3) is 0 Å². The van der Waals surface area contributed by atoms with Gasteiger partial charge in [0.25, 0.3) is 0 Å². The highest BCUT2D eigenvalue weighted by Crippen LogP contribution is 2.17. The van der Waals surface area contributed by atoms with E-state index < -0.39 is 0 Å². The van der Waals surface area contributed by atoms with Crippen molar-refractivity contribution in [3.63, 3.8) is 0 Å². The minimum Gasteiger partial charge on any atom is -0.360 e. The van der Waals surface area contributed by atoms with E-state index in [1.165, 1.54) is 0 Å². The number of urea groups is 1. The summed E-state index contributed by atoms with van der Waals surface area (Å²) in [5.74, 6) is 1.04. The second-order valence-corrected chi connectivity index (χ2v) is 4.81. The largest absolute Gasteiger partial charge is 0.360 e. The van der Waals surface area contributed by atoms with Gasteiger partial charge in [0.1, 0.15) is 5.76 Å². The first-order chi connectivity index (χ1) is 10.1. The molecule has 0 fully saturated rings. The van der Waals surface area contributed by atoms with E-state index in [2.05, 4.69) is 35.0 Å². The summed E-state index contributed by atoms with van der Waals surface area (Å²) in [5, 5.41) is 12.4. The Kier molecular flexibility index (Phi) is 4.94. The van der Waals surface area contributed by atoms with E-state index in [-0.39, 0.29) is 12.1 Å². The lowest BCUT2D eigenvalue weighted by Gasteiger charge is -2.14. The van der Waals surface area contributed by atoms with Gasteiger partial charge in [-0.1, -0.05) is 24.2 Å². The van der Waals surface area contributed by atoms with Crippen LogP contribution in [-0.2, 0) is 0 Å². The summed E-state index contributed by atoms with van der Waals surface area (Å²) in [7, 11) is 0. The molecule has 0 radical (unpaired) electrons. The first-order valence-corrected chi connectivity index (χ1v) is 6.93. The lowest BCUT2D eigenvalue weighted by molar-refractivity contribution is 0.262. The zero-order valence-corrected chi connectivity index (χ0v) is 12.4. The van der Waals surface area contributed by atoms with Gasteiger partial charge < -0.3 is 15.2 Å². The van der Waals surface area contributed by atoms with Crippen LogP contribution in [-0.4, -0.2) is 17.7 Å². The average molecular weight is 288 g/mol. The fourth-order valence-corrected chi connectivity index (χ4v) is 2.01. The number of amides is 2. The van der Waals surface area contributed by atoms with Crippen LogP contribution in [0.3, 0.4) is 0 Å². The zero-order valence-electron chi connectivity index (χ0n) is 12.4. The van der Waals surface area contributed by atoms with E-state index in [4.69, 9.17) is 4.52 Å². The molecule has 2 amide bonds. The Morgan fingerprint density at radius 3 is 2.81 bits per heavy atom. The maximum absolute atomic E-state index is 11.9. The SMILES string of the molecule is CCNC(C)c1cccc(NC(=O)Nc2cc(C)on2)c1. The van der Waals surface area contributed by atoms with Crippen molar-refractivity contribution < 1.29 is 9.32 Å². The number of aromatic nitrogens is 1. The summed E-state index contributed by atoms with van der Waals surface area (Å²) in [4.78, 5) is 11.9. The van der Waals surface area contributed by atoms with Gasteiger partial charge in [-0.3, -0.25) is 5.32 Å². The van der Waals surface area contributed by atoms with Crippen molar-refractivity contribution in [2.24, 2.45) is 0 Å². The Morgan fingerprint density at radius 1 is 1.33 bits per heavy atom. The first-order valence-electron chi connectivity index (χ1n) is 6.93. The van der Waals surface area contributed by atoms with Gasteiger partial charge in [-0.25, -0.2) is 4.79 Å². The van der Waals surface area contributed by atoms with Crippen molar-refractivity contribution in [3.8, 4) is 0 Å². The summed E-state index contributed by atoms with van der Waals surface area (Å²) in [5.41, 5.74) is 1.85. The van der Waals surface area contributed by atoms with E-state index >= 15 is 0 Å². The van der Waals surface area contributed by atoms with Gasteiger partial charge in [-0.2, -0.15) is 0 Å². The summed E-state index contributed by atoms with van der Waals surface area (Å²) in [6.45, 7) is 6.80. The number of hydrogen-bond donors (Lipinski definition) is 3. The van der Waals surface area contributed by atoms with Gasteiger partial charge in [-0.15, -0.1) is 0 Å². The van der Waals surface area contributed by atoms with E-state index in [0.29, 0.717) is 11.6 Å². The molecular weight excluding hydrogens is 268 g/mol. The number of hydrogen-bond acceptors (Lipinski definition) is 4. The fourth-order valence-electron chi connectivity index (χ4n) is 2.01. The van der Waals surface area contributed by atoms with Crippen LogP contribution < -0.4 is 16.0 Å². The predicted octanol–water partition coefficient (Wildman–Crippen LogP) is 3.30. The zero-order chi connectivity index (χ0) is 15.2. The van der Waals surface area contributed by atoms with Crippen LogP contribution >= 0.6 is 0 Å². The molecule has 0 aliphatic carbocycles. The second-order valence-electron chi connectivity index (χ2n) is 4.81. The molecule has 0 spiro atoms. The average Bonchev–Trinajstić information content (AvgIpc) is 2.84. The lowest BCUT2D eigenvalue weighted by Crippen LogP contribution is -2.20. The third kappa shape index (κ3) is 4.32. The molecule has 1 heterocycles. The smallest absolute Gasteiger partial charge is 0.324 e. The van der Waals surface area contributed by atoms with Crippen LogP contribution in [0.2, 0.25) is 0 Å². The highest BCUT2D eigenvalue weighted by molar-refractivity contribution is 5.99. The van der Waals surface area contributed by atoms with Crippen molar-refractivity contribution >= 4 is 17.5 Å². The fraction of sp³-hybridized carbons (Fsp3) is 0.333. The van der Waals surface area contributed by atoms with Gasteiger partial charge in [0.2, 0.25) is 0 Å². The Morgan fingerprint density at radius 2 is 2.14 bits per heavy atom. The number of rotatable bonds is 5. The molecule has 0 bridgehead atoms. The summed E-state index contributed by atoms with van der Waals surface area (Å²) >= 11 is 0. The minimum absolute atomic E-state index is 0.234. The monoisotopic (exact) mass is 288 g/mol. The number of anilines is 2. The van der Waals surface area contributed by atoms with Gasteiger partial charge in [-0.05, 0) is 38.1 Å². The third-order valence-corrected chi connectivity index (χ3v) is 3.02. The molecule has 6 heteroatoms. The third-order valence-electron chi connectivity index (χ3n) is 3.02. The van der Waals surface area contributed by atoms with Crippen molar-refractivity contribution in [3.05, 3.63) is 41.7 Å². The Hall–Kier alpha value is -2.34. The van der Waals surface area contributed by atoms with E-state index in [0.717, 1.165) is 17.8 Å². The molecule has 3 N–H and O–H groups in total. The maximum Gasteiger partial charge on any atom is 0.324 e. The molecule has 1 aromatic heterocycles. The minimum atomic E-state index is -0.350. The highest BCUT2D eigenvalue weighted by Gasteiger charge is 2.08. The standard InChI is InChI=1S/C15H20N4O2/c1-4-16-11(3)12-6-5-7-13(9-12)17-15(20)18-14-8-10(2)21-19-14/h5-9,11,16H,4H2,1-3H3,(H2,17,18,19,20). The lowest BCUT2D eigenvalue weighted by atomic mass is 10.1. The molecule has 1 atom stereocenters. The van der Waals surface area contributed by atoms with E-state index in [9.17, 15) is 4.79 Å². The molecule has 1 unspecified atom stereocenters. The molecule has 0 saturated heterocycles. The van der Waals surface area contributed by atoms with E-state index in [1.807, 2.05) is 24.3 Å². The van der Waals surface area contributed by atoms with Crippen LogP contribution in [0, 0.1) is 6.92 Å². The Balaban J connectivity index is 1.99.